The van der Waals surface area contributed by atoms with Gasteiger partial charge in [0.25, 0.3) is 0 Å². The van der Waals surface area contributed by atoms with Gasteiger partial charge in [0.15, 0.2) is 0 Å². The first kappa shape index (κ1) is 25.1. The summed E-state index contributed by atoms with van der Waals surface area (Å²) < 4.78 is 11.3. The van der Waals surface area contributed by atoms with Crippen LogP contribution in [0.3, 0.4) is 0 Å². The summed E-state index contributed by atoms with van der Waals surface area (Å²) in [5, 5.41) is 2.90. The van der Waals surface area contributed by atoms with E-state index in [0.717, 1.165) is 16.9 Å². The predicted molar refractivity (Wildman–Crippen MR) is 135 cm³/mol. The Kier molecular flexibility index (Phi) is 8.74. The zero-order chi connectivity index (χ0) is 24.0. The second kappa shape index (κ2) is 11.5. The van der Waals surface area contributed by atoms with Crippen LogP contribution in [-0.4, -0.2) is 40.1 Å². The van der Waals surface area contributed by atoms with Crippen molar-refractivity contribution in [2.45, 2.75) is 39.5 Å². The number of carbonyl (C=O) groups excluding carboxylic acids is 2. The van der Waals surface area contributed by atoms with E-state index in [-0.39, 0.29) is 24.5 Å². The topological polar surface area (TPSA) is 67.9 Å². The van der Waals surface area contributed by atoms with Crippen molar-refractivity contribution >= 4 is 40.3 Å². The van der Waals surface area contributed by atoms with Gasteiger partial charge in [-0.1, -0.05) is 87.2 Å². The molecule has 8 heteroatoms. The molecule has 2 amide bonds. The first-order valence-corrected chi connectivity index (χ1v) is 12.3. The molecule has 0 spiro atoms. The van der Waals surface area contributed by atoms with Gasteiger partial charge < -0.3 is 14.8 Å². The van der Waals surface area contributed by atoms with Crippen LogP contribution in [0.15, 0.2) is 54.6 Å². The maximum absolute atomic E-state index is 13.6. The second-order valence-electron chi connectivity index (χ2n) is 8.34. The van der Waals surface area contributed by atoms with Crippen molar-refractivity contribution in [2.75, 3.05) is 12.9 Å². The lowest BCUT2D eigenvalue weighted by molar-refractivity contribution is -0.133. The molecule has 1 aliphatic heterocycles. The molecule has 1 N–H and O–H groups in total. The van der Waals surface area contributed by atoms with Crippen LogP contribution in [0.2, 0.25) is 0 Å². The third-order valence-electron chi connectivity index (χ3n) is 5.76. The lowest BCUT2D eigenvalue weighted by atomic mass is 9.92. The average molecular weight is 487 g/mol. The maximum atomic E-state index is 13.6. The number of alkyl carbamates (subject to hydrolysis) is 1. The highest BCUT2D eigenvalue weighted by molar-refractivity contribution is 8.23. The van der Waals surface area contributed by atoms with Gasteiger partial charge in [0.1, 0.15) is 16.7 Å². The molecule has 3 atom stereocenters. The first-order valence-electron chi connectivity index (χ1n) is 10.9. The van der Waals surface area contributed by atoms with Crippen molar-refractivity contribution in [3.8, 4) is 5.75 Å². The van der Waals surface area contributed by atoms with Gasteiger partial charge in [0, 0.05) is 11.8 Å². The third-order valence-corrected chi connectivity index (χ3v) is 7.27. The molecular weight excluding hydrogens is 456 g/mol. The normalized spacial score (nSPS) is 17.5. The number of nitrogens with one attached hydrogen (secondary N) is 1. The number of hydrogen-bond donors (Lipinski definition) is 1. The molecule has 3 rings (SSSR count). The van der Waals surface area contributed by atoms with Crippen LogP contribution in [0, 0.1) is 11.8 Å². The van der Waals surface area contributed by atoms with Crippen LogP contribution in [0.25, 0.3) is 0 Å². The van der Waals surface area contributed by atoms with E-state index in [1.54, 1.807) is 12.0 Å². The molecule has 0 aliphatic carbocycles. The van der Waals surface area contributed by atoms with Crippen molar-refractivity contribution < 1.29 is 19.1 Å². The highest BCUT2D eigenvalue weighted by Gasteiger charge is 2.40. The monoisotopic (exact) mass is 486 g/mol. The van der Waals surface area contributed by atoms with E-state index in [4.69, 9.17) is 21.7 Å². The number of nitrogens with zero attached hydrogens (tertiary/aromatic N) is 1. The second-order valence-corrected chi connectivity index (χ2v) is 10.00. The molecule has 1 aliphatic rings. The lowest BCUT2D eigenvalue weighted by Gasteiger charge is -2.32. The molecule has 0 unspecified atom stereocenters. The average Bonchev–Trinajstić information content (AvgIpc) is 3.22. The summed E-state index contributed by atoms with van der Waals surface area (Å²) in [6.45, 7) is 6.14. The van der Waals surface area contributed by atoms with E-state index >= 15 is 0 Å². The molecule has 6 nitrogen and oxygen atoms in total. The molecule has 176 valence electrons. The minimum Gasteiger partial charge on any atom is -0.497 e. The Morgan fingerprint density at radius 3 is 2.39 bits per heavy atom. The number of thiocarbonyl (C=S) groups is 1. The quantitative estimate of drug-likeness (QED) is 0.519. The summed E-state index contributed by atoms with van der Waals surface area (Å²) in [4.78, 5) is 28.0. The first-order chi connectivity index (χ1) is 15.8. The standard InChI is InChI=1S/C25H30N2O4S2/c1-16(2)21-15-33-25(32)27(21)23(28)17(3)22(19-10-12-20(30-4)13-11-19)26-24(29)31-14-18-8-6-5-7-9-18/h5-13,16-17,21-22H,14-15H2,1-4H3,(H,26,29)/t17-,21-,22-/m1/s1. The number of ether oxygens (including phenoxy) is 2. The minimum absolute atomic E-state index is 0.0407. The van der Waals surface area contributed by atoms with Crippen molar-refractivity contribution in [3.05, 3.63) is 65.7 Å². The van der Waals surface area contributed by atoms with E-state index in [9.17, 15) is 9.59 Å². The minimum atomic E-state index is -0.590. The fourth-order valence-electron chi connectivity index (χ4n) is 3.74. The molecule has 0 bridgehead atoms. The number of methoxy groups -OCH3 is 1. The number of rotatable bonds is 8. The molecule has 0 radical (unpaired) electrons. The van der Waals surface area contributed by atoms with E-state index in [1.807, 2.05) is 61.5 Å². The van der Waals surface area contributed by atoms with E-state index < -0.39 is 18.1 Å². The fraction of sp³-hybridized carbons (Fsp3) is 0.400. The smallest absolute Gasteiger partial charge is 0.407 e. The molecule has 2 aromatic carbocycles. The third kappa shape index (κ3) is 6.26. The lowest BCUT2D eigenvalue weighted by Crippen LogP contribution is -2.47. The highest BCUT2D eigenvalue weighted by Crippen LogP contribution is 2.33. The van der Waals surface area contributed by atoms with Gasteiger partial charge >= 0.3 is 6.09 Å². The Bertz CT molecular complexity index is 966. The van der Waals surface area contributed by atoms with Crippen LogP contribution in [0.5, 0.6) is 5.75 Å². The number of benzene rings is 2. The summed E-state index contributed by atoms with van der Waals surface area (Å²) >= 11 is 7.02. The fourth-order valence-corrected chi connectivity index (χ4v) is 5.38. The van der Waals surface area contributed by atoms with Gasteiger partial charge in [-0.2, -0.15) is 0 Å². The summed E-state index contributed by atoms with van der Waals surface area (Å²) in [7, 11) is 1.59. The highest BCUT2D eigenvalue weighted by atomic mass is 32.2. The van der Waals surface area contributed by atoms with Gasteiger partial charge in [-0.3, -0.25) is 9.69 Å². The Morgan fingerprint density at radius 2 is 1.79 bits per heavy atom. The molecule has 1 saturated heterocycles. The van der Waals surface area contributed by atoms with E-state index in [2.05, 4.69) is 19.2 Å². The SMILES string of the molecule is COc1ccc([C@H](NC(=O)OCc2ccccc2)[C@@H](C)C(=O)N2C(=S)SC[C@@H]2C(C)C)cc1. The molecule has 1 heterocycles. The summed E-state index contributed by atoms with van der Waals surface area (Å²) in [6, 6.07) is 16.2. The molecule has 33 heavy (non-hydrogen) atoms. The Labute approximate surface area is 205 Å². The largest absolute Gasteiger partial charge is 0.497 e. The summed E-state index contributed by atoms with van der Waals surface area (Å²) in [5.41, 5.74) is 1.67. The number of thioether (sulfide) groups is 1. The molecule has 2 aromatic rings. The van der Waals surface area contributed by atoms with Crippen LogP contribution < -0.4 is 10.1 Å². The van der Waals surface area contributed by atoms with Gasteiger partial charge in [-0.05, 0) is 29.2 Å². The summed E-state index contributed by atoms with van der Waals surface area (Å²) in [6.07, 6.45) is -0.585. The number of hydrogen-bond acceptors (Lipinski definition) is 6. The summed E-state index contributed by atoms with van der Waals surface area (Å²) in [5.74, 6) is 1.10. The zero-order valence-corrected chi connectivity index (χ0v) is 20.9. The van der Waals surface area contributed by atoms with Gasteiger partial charge in [-0.15, -0.1) is 0 Å². The number of carbonyl (C=O) groups is 2. The van der Waals surface area contributed by atoms with Crippen molar-refractivity contribution in [2.24, 2.45) is 11.8 Å². The van der Waals surface area contributed by atoms with Crippen LogP contribution in [-0.2, 0) is 16.1 Å². The van der Waals surface area contributed by atoms with Gasteiger partial charge in [-0.25, -0.2) is 4.79 Å². The van der Waals surface area contributed by atoms with Crippen molar-refractivity contribution in [3.63, 3.8) is 0 Å². The van der Waals surface area contributed by atoms with E-state index in [1.165, 1.54) is 11.8 Å². The predicted octanol–water partition coefficient (Wildman–Crippen LogP) is 5.18. The Balaban J connectivity index is 1.80. The van der Waals surface area contributed by atoms with E-state index in [0.29, 0.717) is 10.1 Å². The van der Waals surface area contributed by atoms with Crippen LogP contribution in [0.4, 0.5) is 4.79 Å². The number of amides is 2. The van der Waals surface area contributed by atoms with Crippen LogP contribution in [0.1, 0.15) is 37.9 Å². The Morgan fingerprint density at radius 1 is 1.12 bits per heavy atom. The van der Waals surface area contributed by atoms with Crippen molar-refractivity contribution in [1.82, 2.24) is 10.2 Å². The molecule has 0 aromatic heterocycles. The molecule has 0 saturated carbocycles. The maximum Gasteiger partial charge on any atom is 0.407 e. The van der Waals surface area contributed by atoms with Gasteiger partial charge in [0.05, 0.1) is 19.1 Å². The van der Waals surface area contributed by atoms with Crippen LogP contribution >= 0.6 is 24.0 Å². The molecule has 1 fully saturated rings. The zero-order valence-electron chi connectivity index (χ0n) is 19.3. The van der Waals surface area contributed by atoms with Gasteiger partial charge in [0.2, 0.25) is 5.91 Å². The van der Waals surface area contributed by atoms with Crippen molar-refractivity contribution in [1.29, 1.82) is 0 Å². The molecular formula is C25H30N2O4S2. The Hall–Kier alpha value is -2.58.